The van der Waals surface area contributed by atoms with Gasteiger partial charge in [-0.15, -0.1) is 0 Å². The Morgan fingerprint density at radius 1 is 1.53 bits per heavy atom. The molecule has 82 valence electrons. The maximum atomic E-state index is 13.5. The highest BCUT2D eigenvalue weighted by Gasteiger charge is 2.23. The molecule has 1 atom stereocenters. The summed E-state index contributed by atoms with van der Waals surface area (Å²) in [6, 6.07) is 5.48. The van der Waals surface area contributed by atoms with Gasteiger partial charge in [-0.2, -0.15) is 0 Å². The van der Waals surface area contributed by atoms with Gasteiger partial charge >= 0.3 is 0 Å². The number of hydrogen-bond acceptors (Lipinski definition) is 1. The fourth-order valence-electron chi connectivity index (χ4n) is 1.78. The van der Waals surface area contributed by atoms with E-state index in [1.165, 1.54) is 18.9 Å². The van der Waals surface area contributed by atoms with Gasteiger partial charge in [0.2, 0.25) is 0 Å². The molecule has 0 amide bonds. The highest BCUT2D eigenvalue weighted by Crippen LogP contribution is 2.34. The van der Waals surface area contributed by atoms with Crippen LogP contribution in [-0.2, 0) is 0 Å². The Kier molecular flexibility index (Phi) is 3.29. The highest BCUT2D eigenvalue weighted by molar-refractivity contribution is 9.10. The van der Waals surface area contributed by atoms with Crippen LogP contribution in [-0.4, -0.2) is 6.04 Å². The minimum absolute atomic E-state index is 0.188. The van der Waals surface area contributed by atoms with Crippen molar-refractivity contribution < 1.29 is 4.39 Å². The van der Waals surface area contributed by atoms with Gasteiger partial charge in [0, 0.05) is 10.5 Å². The molecule has 0 bridgehead atoms. The van der Waals surface area contributed by atoms with E-state index in [9.17, 15) is 4.39 Å². The first-order valence-corrected chi connectivity index (χ1v) is 6.16. The summed E-state index contributed by atoms with van der Waals surface area (Å²) in [4.78, 5) is 0. The summed E-state index contributed by atoms with van der Waals surface area (Å²) in [6.07, 6.45) is 3.83. The van der Waals surface area contributed by atoms with Gasteiger partial charge in [-0.25, -0.2) is 4.39 Å². The van der Waals surface area contributed by atoms with Crippen molar-refractivity contribution in [3.8, 4) is 0 Å². The molecule has 1 aromatic carbocycles. The zero-order valence-corrected chi connectivity index (χ0v) is 10.3. The molecule has 0 aromatic heterocycles. The van der Waals surface area contributed by atoms with Gasteiger partial charge in [0.05, 0.1) is 5.69 Å². The van der Waals surface area contributed by atoms with Crippen LogP contribution in [0.4, 0.5) is 10.1 Å². The van der Waals surface area contributed by atoms with E-state index < -0.39 is 0 Å². The summed E-state index contributed by atoms with van der Waals surface area (Å²) in [5, 5.41) is 3.21. The summed E-state index contributed by atoms with van der Waals surface area (Å²) in [7, 11) is 0. The van der Waals surface area contributed by atoms with E-state index in [0.717, 1.165) is 16.8 Å². The normalized spacial score (nSPS) is 17.5. The first-order chi connectivity index (χ1) is 7.15. The third kappa shape index (κ3) is 3.20. The average molecular weight is 272 g/mol. The van der Waals surface area contributed by atoms with Crippen LogP contribution in [0.5, 0.6) is 0 Å². The number of rotatable bonds is 4. The molecule has 0 saturated heterocycles. The Balaban J connectivity index is 1.96. The van der Waals surface area contributed by atoms with Crippen molar-refractivity contribution in [1.29, 1.82) is 0 Å². The number of benzene rings is 1. The van der Waals surface area contributed by atoms with Crippen LogP contribution in [0.2, 0.25) is 0 Å². The van der Waals surface area contributed by atoms with Gasteiger partial charge in [-0.1, -0.05) is 28.8 Å². The Labute approximate surface area is 98.2 Å². The van der Waals surface area contributed by atoms with Crippen molar-refractivity contribution in [3.63, 3.8) is 0 Å². The van der Waals surface area contributed by atoms with Crippen molar-refractivity contribution in [1.82, 2.24) is 0 Å². The van der Waals surface area contributed by atoms with Crippen molar-refractivity contribution in [2.75, 3.05) is 5.32 Å². The van der Waals surface area contributed by atoms with Crippen LogP contribution in [0.25, 0.3) is 0 Å². The molecule has 1 aromatic rings. The molecule has 0 radical (unpaired) electrons. The number of anilines is 1. The minimum Gasteiger partial charge on any atom is -0.380 e. The van der Waals surface area contributed by atoms with Gasteiger partial charge in [0.1, 0.15) is 5.82 Å². The molecule has 2 rings (SSSR count). The quantitative estimate of drug-likeness (QED) is 0.866. The van der Waals surface area contributed by atoms with Crippen LogP contribution in [0.15, 0.2) is 22.7 Å². The van der Waals surface area contributed by atoms with Gasteiger partial charge in [0.25, 0.3) is 0 Å². The van der Waals surface area contributed by atoms with Gasteiger partial charge in [-0.3, -0.25) is 0 Å². The Bertz CT molecular complexity index is 349. The molecule has 0 aliphatic heterocycles. The third-order valence-electron chi connectivity index (χ3n) is 2.72. The summed E-state index contributed by atoms with van der Waals surface area (Å²) in [6.45, 7) is 2.11. The van der Waals surface area contributed by atoms with Gasteiger partial charge in [-0.05, 0) is 37.5 Å². The van der Waals surface area contributed by atoms with Crippen LogP contribution >= 0.6 is 15.9 Å². The molecule has 1 aliphatic carbocycles. The molecule has 1 unspecified atom stereocenters. The van der Waals surface area contributed by atoms with Gasteiger partial charge in [0.15, 0.2) is 0 Å². The van der Waals surface area contributed by atoms with Crippen molar-refractivity contribution in [2.24, 2.45) is 5.92 Å². The van der Waals surface area contributed by atoms with Crippen LogP contribution in [0.3, 0.4) is 0 Å². The fourth-order valence-corrected chi connectivity index (χ4v) is 2.12. The topological polar surface area (TPSA) is 12.0 Å². The summed E-state index contributed by atoms with van der Waals surface area (Å²) < 4.78 is 14.2. The second kappa shape index (κ2) is 4.52. The predicted molar refractivity (Wildman–Crippen MR) is 64.5 cm³/mol. The SMILES string of the molecule is CC(CC1CC1)Nc1ccc(Br)cc1F. The molecular formula is C12H15BrFN. The van der Waals surface area contributed by atoms with Crippen molar-refractivity contribution in [3.05, 3.63) is 28.5 Å². The lowest BCUT2D eigenvalue weighted by molar-refractivity contribution is 0.609. The number of halogens is 2. The van der Waals surface area contributed by atoms with E-state index >= 15 is 0 Å². The number of hydrogen-bond donors (Lipinski definition) is 1. The Morgan fingerprint density at radius 3 is 2.87 bits per heavy atom. The average Bonchev–Trinajstić information content (AvgIpc) is 2.94. The van der Waals surface area contributed by atoms with E-state index in [-0.39, 0.29) is 5.82 Å². The number of nitrogens with one attached hydrogen (secondary N) is 1. The summed E-state index contributed by atoms with van der Waals surface area (Å²) in [5.41, 5.74) is 0.603. The lowest BCUT2D eigenvalue weighted by Crippen LogP contribution is -2.16. The maximum absolute atomic E-state index is 13.5. The molecule has 0 heterocycles. The zero-order chi connectivity index (χ0) is 10.8. The lowest BCUT2D eigenvalue weighted by Gasteiger charge is -2.15. The molecule has 1 saturated carbocycles. The second-order valence-electron chi connectivity index (χ2n) is 4.35. The van der Waals surface area contributed by atoms with Crippen LogP contribution in [0.1, 0.15) is 26.2 Å². The minimum atomic E-state index is -0.188. The van der Waals surface area contributed by atoms with Gasteiger partial charge < -0.3 is 5.32 Å². The van der Waals surface area contributed by atoms with Crippen molar-refractivity contribution >= 4 is 21.6 Å². The monoisotopic (exact) mass is 271 g/mol. The molecule has 1 aliphatic rings. The van der Waals surface area contributed by atoms with E-state index in [2.05, 4.69) is 28.2 Å². The lowest BCUT2D eigenvalue weighted by atomic mass is 10.1. The molecular weight excluding hydrogens is 257 g/mol. The first-order valence-electron chi connectivity index (χ1n) is 5.37. The molecule has 1 N–H and O–H groups in total. The second-order valence-corrected chi connectivity index (χ2v) is 5.26. The molecule has 0 spiro atoms. The first kappa shape index (κ1) is 10.9. The summed E-state index contributed by atoms with van der Waals surface area (Å²) >= 11 is 3.25. The maximum Gasteiger partial charge on any atom is 0.147 e. The van der Waals surface area contributed by atoms with E-state index in [1.807, 2.05) is 6.07 Å². The summed E-state index contributed by atoms with van der Waals surface area (Å²) in [5.74, 6) is 0.679. The molecule has 1 nitrogen and oxygen atoms in total. The molecule has 1 fully saturated rings. The van der Waals surface area contributed by atoms with Crippen LogP contribution in [0, 0.1) is 11.7 Å². The molecule has 3 heteroatoms. The smallest absolute Gasteiger partial charge is 0.147 e. The third-order valence-corrected chi connectivity index (χ3v) is 3.21. The zero-order valence-electron chi connectivity index (χ0n) is 8.76. The standard InChI is InChI=1S/C12H15BrFN/c1-8(6-9-2-3-9)15-12-5-4-10(13)7-11(12)14/h4-5,7-9,15H,2-3,6H2,1H3. The van der Waals surface area contributed by atoms with E-state index in [4.69, 9.17) is 0 Å². The largest absolute Gasteiger partial charge is 0.380 e. The Morgan fingerprint density at radius 2 is 2.27 bits per heavy atom. The predicted octanol–water partition coefficient (Wildman–Crippen LogP) is 4.19. The highest BCUT2D eigenvalue weighted by atomic mass is 79.9. The van der Waals surface area contributed by atoms with Crippen LogP contribution < -0.4 is 5.32 Å². The van der Waals surface area contributed by atoms with Crippen molar-refractivity contribution in [2.45, 2.75) is 32.2 Å². The fraction of sp³-hybridized carbons (Fsp3) is 0.500. The molecule has 15 heavy (non-hydrogen) atoms. The Hall–Kier alpha value is -0.570. The van der Waals surface area contributed by atoms with E-state index in [0.29, 0.717) is 11.7 Å². The van der Waals surface area contributed by atoms with E-state index in [1.54, 1.807) is 6.07 Å².